The fourth-order valence-electron chi connectivity index (χ4n) is 2.41. The van der Waals surface area contributed by atoms with Gasteiger partial charge in [-0.2, -0.15) is 0 Å². The van der Waals surface area contributed by atoms with Crippen molar-refractivity contribution in [3.8, 4) is 0 Å². The molecule has 1 heterocycles. The molecule has 0 amide bonds. The first-order chi connectivity index (χ1) is 11.4. The van der Waals surface area contributed by atoms with Gasteiger partial charge < -0.3 is 0 Å². The van der Waals surface area contributed by atoms with Gasteiger partial charge in [-0.25, -0.2) is 0 Å². The van der Waals surface area contributed by atoms with Gasteiger partial charge in [0, 0.05) is 0 Å². The summed E-state index contributed by atoms with van der Waals surface area (Å²) in [6, 6.07) is 6.26. The molecule has 1 fully saturated rings. The van der Waals surface area contributed by atoms with Crippen molar-refractivity contribution in [3.63, 3.8) is 0 Å². The molecule has 1 aliphatic heterocycles. The summed E-state index contributed by atoms with van der Waals surface area (Å²) in [6.45, 7) is 0. The van der Waals surface area contributed by atoms with Crippen molar-refractivity contribution in [1.29, 1.82) is 0 Å². The van der Waals surface area contributed by atoms with Gasteiger partial charge in [0.25, 0.3) is 0 Å². The van der Waals surface area contributed by atoms with Crippen LogP contribution >= 0.6 is 11.6 Å². The molecule has 24 heavy (non-hydrogen) atoms. The fourth-order valence-corrected chi connectivity index (χ4v) is 5.75. The molecule has 8 heteroatoms. The summed E-state index contributed by atoms with van der Waals surface area (Å²) in [5, 5.41) is 0.387. The zero-order valence-corrected chi connectivity index (χ0v) is 15.7. The summed E-state index contributed by atoms with van der Waals surface area (Å²) in [6.07, 6.45) is 1.47. The summed E-state index contributed by atoms with van der Waals surface area (Å²) >= 11 is 5.24. The first-order valence-corrected chi connectivity index (χ1v) is 9.47. The second-order valence-corrected chi connectivity index (χ2v) is 8.67. The average molecular weight is 420 g/mol. The van der Waals surface area contributed by atoms with Crippen molar-refractivity contribution >= 4 is 44.5 Å². The summed E-state index contributed by atoms with van der Waals surface area (Å²) in [7, 11) is 2.53. The van der Waals surface area contributed by atoms with Gasteiger partial charge in [0.15, 0.2) is 0 Å². The molecule has 6 nitrogen and oxygen atoms in total. The van der Waals surface area contributed by atoms with E-state index >= 15 is 0 Å². The number of carbonyl (C=O) groups is 3. The molecule has 2 atom stereocenters. The van der Waals surface area contributed by atoms with Crippen molar-refractivity contribution < 1.29 is 28.6 Å². The standard InChI is InChI=1S/C16H17ClO6Se/c1-21-14(19)12-7-4-8-16(24-12,15(20)22-2)23-13(18)10-5-3-6-11(17)9-10/h3,5-6,9,12H,4,7-8H2,1-2H3/t12-,16-/m0/s1. The molecule has 0 saturated carbocycles. The maximum absolute atomic E-state index is 12.4. The van der Waals surface area contributed by atoms with Crippen molar-refractivity contribution in [2.24, 2.45) is 0 Å². The summed E-state index contributed by atoms with van der Waals surface area (Å²) in [5.74, 6) is -1.72. The van der Waals surface area contributed by atoms with E-state index in [1.165, 1.54) is 20.3 Å². The van der Waals surface area contributed by atoms with Crippen LogP contribution in [0.15, 0.2) is 24.3 Å². The average Bonchev–Trinajstić information content (AvgIpc) is 2.60. The second-order valence-electron chi connectivity index (χ2n) is 5.17. The Morgan fingerprint density at radius 1 is 1.25 bits per heavy atom. The summed E-state index contributed by atoms with van der Waals surface area (Å²) in [4.78, 5) is 36.2. The number of benzene rings is 1. The van der Waals surface area contributed by atoms with Gasteiger partial charge in [-0.15, -0.1) is 0 Å². The quantitative estimate of drug-likeness (QED) is 0.423. The SMILES string of the molecule is COC(=O)[C@@H]1CCC[C@@](OC(=O)c2cccc(Cl)c2)(C(=O)OC)[Se]1. The van der Waals surface area contributed by atoms with Crippen LogP contribution in [0.4, 0.5) is 0 Å². The number of ether oxygens (including phenoxy) is 3. The van der Waals surface area contributed by atoms with E-state index in [9.17, 15) is 14.4 Å². The minimum atomic E-state index is -1.43. The summed E-state index contributed by atoms with van der Waals surface area (Å²) < 4.78 is 13.7. The van der Waals surface area contributed by atoms with Gasteiger partial charge in [-0.1, -0.05) is 0 Å². The summed E-state index contributed by atoms with van der Waals surface area (Å²) in [5.41, 5.74) is 0.238. The van der Waals surface area contributed by atoms with Crippen molar-refractivity contribution in [3.05, 3.63) is 34.9 Å². The van der Waals surface area contributed by atoms with Gasteiger partial charge >= 0.3 is 151 Å². The molecule has 0 spiro atoms. The number of rotatable bonds is 4. The van der Waals surface area contributed by atoms with Crippen molar-refractivity contribution in [1.82, 2.24) is 0 Å². The van der Waals surface area contributed by atoms with E-state index in [1.807, 2.05) is 0 Å². The number of methoxy groups -OCH3 is 2. The van der Waals surface area contributed by atoms with E-state index in [4.69, 9.17) is 25.8 Å². The molecule has 1 aliphatic rings. The first kappa shape index (κ1) is 18.8. The number of halogens is 1. The Bertz CT molecular complexity index is 649. The van der Waals surface area contributed by atoms with Crippen LogP contribution in [-0.2, 0) is 23.8 Å². The van der Waals surface area contributed by atoms with Gasteiger partial charge in [0.2, 0.25) is 0 Å². The molecule has 130 valence electrons. The normalized spacial score (nSPS) is 23.2. The molecule has 1 aromatic carbocycles. The van der Waals surface area contributed by atoms with Gasteiger partial charge in [0.1, 0.15) is 0 Å². The Morgan fingerprint density at radius 2 is 2.00 bits per heavy atom. The minimum absolute atomic E-state index is 0.238. The predicted octanol–water partition coefficient (Wildman–Crippen LogP) is 2.22. The number of hydrogen-bond donors (Lipinski definition) is 0. The van der Waals surface area contributed by atoms with Crippen molar-refractivity contribution in [2.45, 2.75) is 28.6 Å². The van der Waals surface area contributed by atoms with Crippen LogP contribution < -0.4 is 0 Å². The third kappa shape index (κ3) is 4.09. The van der Waals surface area contributed by atoms with E-state index in [2.05, 4.69) is 0 Å². The fraction of sp³-hybridized carbons (Fsp3) is 0.438. The number of carbonyl (C=O) groups excluding carboxylic acids is 3. The Morgan fingerprint density at radius 3 is 2.62 bits per heavy atom. The monoisotopic (exact) mass is 420 g/mol. The third-order valence-electron chi connectivity index (χ3n) is 3.58. The predicted molar refractivity (Wildman–Crippen MR) is 87.0 cm³/mol. The van der Waals surface area contributed by atoms with E-state index < -0.39 is 42.2 Å². The molecule has 0 bridgehead atoms. The zero-order valence-electron chi connectivity index (χ0n) is 13.2. The van der Waals surface area contributed by atoms with Crippen LogP contribution in [0.1, 0.15) is 29.6 Å². The van der Waals surface area contributed by atoms with Crippen LogP contribution in [0.3, 0.4) is 0 Å². The van der Waals surface area contributed by atoms with E-state index in [-0.39, 0.29) is 5.56 Å². The second kappa shape index (κ2) is 8.01. The van der Waals surface area contributed by atoms with Crippen LogP contribution in [0.25, 0.3) is 0 Å². The molecular weight excluding hydrogens is 403 g/mol. The van der Waals surface area contributed by atoms with Gasteiger partial charge in [0.05, 0.1) is 0 Å². The van der Waals surface area contributed by atoms with Gasteiger partial charge in [-0.05, 0) is 0 Å². The topological polar surface area (TPSA) is 78.9 Å². The molecule has 1 saturated heterocycles. The molecule has 0 radical (unpaired) electrons. The van der Waals surface area contributed by atoms with E-state index in [0.717, 1.165) is 0 Å². The van der Waals surface area contributed by atoms with Gasteiger partial charge in [-0.3, -0.25) is 0 Å². The Hall–Kier alpha value is -1.56. The Labute approximate surface area is 150 Å². The Kier molecular flexibility index (Phi) is 6.27. The number of esters is 3. The molecular formula is C16H17ClO6Se. The van der Waals surface area contributed by atoms with E-state index in [0.29, 0.717) is 24.3 Å². The number of hydrogen-bond acceptors (Lipinski definition) is 6. The first-order valence-electron chi connectivity index (χ1n) is 7.25. The molecule has 0 N–H and O–H groups in total. The van der Waals surface area contributed by atoms with Crippen LogP contribution in [0.2, 0.25) is 9.84 Å². The zero-order chi connectivity index (χ0) is 17.7. The molecule has 0 aliphatic carbocycles. The Balaban J connectivity index is 2.26. The molecule has 1 aromatic rings. The van der Waals surface area contributed by atoms with Crippen molar-refractivity contribution in [2.75, 3.05) is 14.2 Å². The molecule has 0 aromatic heterocycles. The molecule has 2 rings (SSSR count). The maximum atomic E-state index is 12.4. The molecule has 0 unspecified atom stereocenters. The van der Waals surface area contributed by atoms with Crippen LogP contribution in [0, 0.1) is 0 Å². The van der Waals surface area contributed by atoms with E-state index in [1.54, 1.807) is 18.2 Å². The van der Waals surface area contributed by atoms with Crippen LogP contribution in [-0.4, -0.2) is 51.6 Å². The third-order valence-corrected chi connectivity index (χ3v) is 7.07. The van der Waals surface area contributed by atoms with Crippen LogP contribution in [0.5, 0.6) is 0 Å².